The number of hydrogen-bond donors (Lipinski definition) is 1. The summed E-state index contributed by atoms with van der Waals surface area (Å²) in [7, 11) is 0. The highest BCUT2D eigenvalue weighted by Gasteiger charge is 2.20. The second kappa shape index (κ2) is 6.19. The van der Waals surface area contributed by atoms with Crippen molar-refractivity contribution in [3.63, 3.8) is 0 Å². The van der Waals surface area contributed by atoms with Crippen molar-refractivity contribution in [2.75, 3.05) is 5.32 Å². The predicted molar refractivity (Wildman–Crippen MR) is 73.8 cm³/mol. The van der Waals surface area contributed by atoms with Gasteiger partial charge in [-0.15, -0.1) is 0 Å². The highest BCUT2D eigenvalue weighted by molar-refractivity contribution is 6.32. The van der Waals surface area contributed by atoms with E-state index in [1.54, 1.807) is 6.20 Å². The average Bonchev–Trinajstić information content (AvgIpc) is 2.62. The van der Waals surface area contributed by atoms with E-state index in [9.17, 15) is 4.79 Å². The van der Waals surface area contributed by atoms with Crippen molar-refractivity contribution in [1.29, 1.82) is 0 Å². The Labute approximate surface area is 113 Å². The molecule has 0 spiro atoms. The van der Waals surface area contributed by atoms with E-state index in [-0.39, 0.29) is 11.8 Å². The number of pyridine rings is 1. The van der Waals surface area contributed by atoms with E-state index in [1.807, 2.05) is 13.0 Å². The van der Waals surface area contributed by atoms with E-state index in [1.165, 1.54) is 12.8 Å². The van der Waals surface area contributed by atoms with Gasteiger partial charge in [0.15, 0.2) is 5.15 Å². The van der Waals surface area contributed by atoms with Gasteiger partial charge in [-0.2, -0.15) is 0 Å². The maximum atomic E-state index is 12.2. The van der Waals surface area contributed by atoms with Gasteiger partial charge in [0.05, 0.1) is 5.69 Å². The molecule has 0 atom stereocenters. The van der Waals surface area contributed by atoms with E-state index in [0.29, 0.717) is 10.8 Å². The van der Waals surface area contributed by atoms with Gasteiger partial charge >= 0.3 is 0 Å². The monoisotopic (exact) mass is 266 g/mol. The molecule has 1 heterocycles. The summed E-state index contributed by atoms with van der Waals surface area (Å²) in [6.07, 6.45) is 8.47. The predicted octanol–water partition coefficient (Wildman–Crippen LogP) is 3.95. The van der Waals surface area contributed by atoms with Crippen molar-refractivity contribution in [2.45, 2.75) is 45.4 Å². The molecule has 0 radical (unpaired) electrons. The number of nitrogens with zero attached hydrogens (tertiary/aromatic N) is 1. The normalized spacial score (nSPS) is 17.2. The Kier molecular flexibility index (Phi) is 4.59. The maximum Gasteiger partial charge on any atom is 0.227 e. The lowest BCUT2D eigenvalue weighted by Gasteiger charge is -2.14. The number of carbonyl (C=O) groups excluding carboxylic acids is 1. The highest BCUT2D eigenvalue weighted by atomic mass is 35.5. The fraction of sp³-hybridized carbons (Fsp3) is 0.571. The number of rotatable bonds is 2. The van der Waals surface area contributed by atoms with Crippen molar-refractivity contribution >= 4 is 23.2 Å². The minimum absolute atomic E-state index is 0.0891. The summed E-state index contributed by atoms with van der Waals surface area (Å²) in [4.78, 5) is 16.2. The summed E-state index contributed by atoms with van der Waals surface area (Å²) in [5, 5.41) is 3.28. The van der Waals surface area contributed by atoms with Gasteiger partial charge < -0.3 is 5.32 Å². The van der Waals surface area contributed by atoms with E-state index in [4.69, 9.17) is 11.6 Å². The van der Waals surface area contributed by atoms with Crippen molar-refractivity contribution in [2.24, 2.45) is 5.92 Å². The number of hydrogen-bond acceptors (Lipinski definition) is 2. The van der Waals surface area contributed by atoms with E-state index in [0.717, 1.165) is 31.2 Å². The minimum Gasteiger partial charge on any atom is -0.323 e. The number of carbonyl (C=O) groups is 1. The molecule has 2 rings (SSSR count). The van der Waals surface area contributed by atoms with Crippen LogP contribution in [-0.2, 0) is 4.79 Å². The van der Waals surface area contributed by atoms with Gasteiger partial charge in [0.1, 0.15) is 0 Å². The molecule has 1 saturated carbocycles. The molecule has 0 aromatic carbocycles. The quantitative estimate of drug-likeness (QED) is 0.650. The van der Waals surface area contributed by atoms with Gasteiger partial charge in [0, 0.05) is 12.1 Å². The first-order valence-corrected chi connectivity index (χ1v) is 6.97. The molecule has 0 aliphatic heterocycles. The van der Waals surface area contributed by atoms with Crippen LogP contribution in [0.1, 0.15) is 44.1 Å². The Hall–Kier alpha value is -1.09. The van der Waals surface area contributed by atoms with Gasteiger partial charge in [-0.05, 0) is 31.4 Å². The van der Waals surface area contributed by atoms with Gasteiger partial charge in [-0.3, -0.25) is 4.79 Å². The topological polar surface area (TPSA) is 42.0 Å². The zero-order valence-electron chi connectivity index (χ0n) is 10.7. The number of nitrogens with one attached hydrogen (secondary N) is 1. The molecule has 1 aromatic heterocycles. The lowest BCUT2D eigenvalue weighted by Crippen LogP contribution is -2.22. The van der Waals surface area contributed by atoms with Crippen LogP contribution in [0.2, 0.25) is 5.15 Å². The van der Waals surface area contributed by atoms with Gasteiger partial charge in [-0.1, -0.05) is 37.3 Å². The van der Waals surface area contributed by atoms with Gasteiger partial charge in [0.25, 0.3) is 0 Å². The minimum atomic E-state index is 0.0891. The molecular weight excluding hydrogens is 248 g/mol. The zero-order chi connectivity index (χ0) is 13.0. The lowest BCUT2D eigenvalue weighted by molar-refractivity contribution is -0.120. The Morgan fingerprint density at radius 2 is 2.00 bits per heavy atom. The van der Waals surface area contributed by atoms with Gasteiger partial charge in [-0.25, -0.2) is 4.98 Å². The molecule has 3 nitrogen and oxygen atoms in total. The molecule has 1 fully saturated rings. The average molecular weight is 267 g/mol. The Bertz CT molecular complexity index is 426. The van der Waals surface area contributed by atoms with Crippen LogP contribution in [0.25, 0.3) is 0 Å². The number of halogens is 1. The second-order valence-electron chi connectivity index (χ2n) is 5.03. The molecule has 1 aromatic rings. The molecular formula is C14H19ClN2O. The molecule has 0 bridgehead atoms. The molecule has 1 N–H and O–H groups in total. The Morgan fingerprint density at radius 1 is 1.33 bits per heavy atom. The van der Waals surface area contributed by atoms with Gasteiger partial charge in [0.2, 0.25) is 5.91 Å². The number of amides is 1. The summed E-state index contributed by atoms with van der Waals surface area (Å²) < 4.78 is 0. The fourth-order valence-corrected chi connectivity index (χ4v) is 2.57. The first-order chi connectivity index (χ1) is 8.66. The maximum absolute atomic E-state index is 12.2. The molecule has 98 valence electrons. The van der Waals surface area contributed by atoms with Crippen LogP contribution in [0, 0.1) is 12.8 Å². The Morgan fingerprint density at radius 3 is 2.67 bits per heavy atom. The summed E-state index contributed by atoms with van der Waals surface area (Å²) in [6.45, 7) is 1.94. The molecule has 1 amide bonds. The van der Waals surface area contributed by atoms with E-state index < -0.39 is 0 Å². The van der Waals surface area contributed by atoms with Crippen molar-refractivity contribution in [1.82, 2.24) is 4.98 Å². The van der Waals surface area contributed by atoms with Crippen LogP contribution in [0.5, 0.6) is 0 Å². The fourth-order valence-electron chi connectivity index (χ4n) is 2.42. The van der Waals surface area contributed by atoms with Crippen LogP contribution in [0.15, 0.2) is 12.3 Å². The zero-order valence-corrected chi connectivity index (χ0v) is 11.5. The third-order valence-electron chi connectivity index (χ3n) is 3.46. The summed E-state index contributed by atoms with van der Waals surface area (Å²) in [5.74, 6) is 0.218. The molecule has 1 aliphatic rings. The molecule has 4 heteroatoms. The smallest absolute Gasteiger partial charge is 0.227 e. The summed E-state index contributed by atoms with van der Waals surface area (Å²) in [6, 6.07) is 1.87. The molecule has 0 unspecified atom stereocenters. The molecule has 18 heavy (non-hydrogen) atoms. The first-order valence-electron chi connectivity index (χ1n) is 6.60. The third-order valence-corrected chi connectivity index (χ3v) is 3.76. The van der Waals surface area contributed by atoms with Crippen molar-refractivity contribution in [3.8, 4) is 0 Å². The number of anilines is 1. The first kappa shape index (κ1) is 13.3. The van der Waals surface area contributed by atoms with Crippen molar-refractivity contribution in [3.05, 3.63) is 23.0 Å². The second-order valence-corrected chi connectivity index (χ2v) is 5.39. The largest absolute Gasteiger partial charge is 0.323 e. The van der Waals surface area contributed by atoms with Crippen LogP contribution >= 0.6 is 11.6 Å². The molecule has 0 saturated heterocycles. The van der Waals surface area contributed by atoms with Crippen LogP contribution in [-0.4, -0.2) is 10.9 Å². The summed E-state index contributed by atoms with van der Waals surface area (Å²) in [5.41, 5.74) is 1.63. The lowest BCUT2D eigenvalue weighted by atomic mass is 9.99. The van der Waals surface area contributed by atoms with Crippen LogP contribution in [0.3, 0.4) is 0 Å². The Balaban J connectivity index is 2.03. The van der Waals surface area contributed by atoms with Crippen LogP contribution < -0.4 is 5.32 Å². The SMILES string of the molecule is Cc1cnc(Cl)c(NC(=O)C2CCCCCC2)c1. The highest BCUT2D eigenvalue weighted by Crippen LogP contribution is 2.26. The number of aromatic nitrogens is 1. The molecule has 1 aliphatic carbocycles. The van der Waals surface area contributed by atoms with Crippen molar-refractivity contribution < 1.29 is 4.79 Å². The standard InChI is InChI=1S/C14H19ClN2O/c1-10-8-12(13(15)16-9-10)17-14(18)11-6-4-2-3-5-7-11/h8-9,11H,2-7H2,1H3,(H,17,18). The van der Waals surface area contributed by atoms with E-state index in [2.05, 4.69) is 10.3 Å². The van der Waals surface area contributed by atoms with E-state index >= 15 is 0 Å². The summed E-state index contributed by atoms with van der Waals surface area (Å²) >= 11 is 5.99. The van der Waals surface area contributed by atoms with Crippen LogP contribution in [0.4, 0.5) is 5.69 Å². The third kappa shape index (κ3) is 3.45. The number of aryl methyl sites for hydroxylation is 1.